The van der Waals surface area contributed by atoms with E-state index in [1.165, 1.54) is 0 Å². The molecular weight excluding hydrogens is 404 g/mol. The van der Waals surface area contributed by atoms with Crippen LogP contribution in [0.4, 0.5) is 10.5 Å². The molecule has 0 saturated heterocycles. The van der Waals surface area contributed by atoms with Crippen molar-refractivity contribution in [3.8, 4) is 22.8 Å². The molecule has 0 aliphatic carbocycles. The largest absolute Gasteiger partial charge is 0.512 e. The Morgan fingerprint density at radius 2 is 1.69 bits per heavy atom. The van der Waals surface area contributed by atoms with Gasteiger partial charge in [-0.15, -0.1) is 0 Å². The van der Waals surface area contributed by atoms with Crippen molar-refractivity contribution >= 4 is 22.7 Å². The van der Waals surface area contributed by atoms with E-state index in [1.54, 1.807) is 0 Å². The molecule has 4 N–H and O–H groups in total. The molecule has 6 nitrogen and oxygen atoms in total. The lowest BCUT2D eigenvalue weighted by Gasteiger charge is -2.10. The molecule has 6 heteroatoms. The van der Waals surface area contributed by atoms with Gasteiger partial charge >= 0.3 is 6.16 Å². The number of aromatic nitrogens is 1. The molecule has 164 valence electrons. The second-order valence-electron chi connectivity index (χ2n) is 7.78. The molecule has 0 aliphatic rings. The third kappa shape index (κ3) is 4.25. The highest BCUT2D eigenvalue weighted by atomic mass is 16.7. The minimum atomic E-state index is -1.35. The number of ether oxygens (including phenoxy) is 2. The van der Waals surface area contributed by atoms with Gasteiger partial charge in [-0.1, -0.05) is 54.6 Å². The number of fused-ring (bicyclic) bond motifs is 1. The smallest absolute Gasteiger partial charge is 0.491 e. The minimum Gasteiger partial charge on any atom is -0.491 e. The lowest BCUT2D eigenvalue weighted by molar-refractivity contribution is 0.142. The van der Waals surface area contributed by atoms with Crippen molar-refractivity contribution in [2.45, 2.75) is 26.7 Å². The minimum absolute atomic E-state index is 0.253. The number of benzene rings is 3. The van der Waals surface area contributed by atoms with Crippen molar-refractivity contribution in [2.75, 3.05) is 12.3 Å². The molecule has 32 heavy (non-hydrogen) atoms. The van der Waals surface area contributed by atoms with E-state index in [0.29, 0.717) is 30.9 Å². The molecule has 1 aromatic heterocycles. The van der Waals surface area contributed by atoms with Crippen molar-refractivity contribution in [2.24, 2.45) is 0 Å². The molecule has 4 rings (SSSR count). The summed E-state index contributed by atoms with van der Waals surface area (Å²) in [5, 5.41) is 10.2. The molecule has 0 amide bonds. The van der Waals surface area contributed by atoms with Crippen LogP contribution in [0.2, 0.25) is 0 Å². The highest BCUT2D eigenvalue weighted by molar-refractivity contribution is 5.98. The van der Waals surface area contributed by atoms with Crippen LogP contribution < -0.4 is 15.2 Å². The molecule has 3 aromatic carbocycles. The topological polar surface area (TPSA) is 97.6 Å². The zero-order chi connectivity index (χ0) is 22.7. The Morgan fingerprint density at radius 3 is 2.47 bits per heavy atom. The number of aromatic amines is 1. The number of nitrogens with one attached hydrogen (secondary N) is 1. The molecule has 1 heterocycles. The van der Waals surface area contributed by atoms with Gasteiger partial charge in [-0.3, -0.25) is 0 Å². The van der Waals surface area contributed by atoms with Crippen LogP contribution in [0.25, 0.3) is 22.0 Å². The number of H-pyrrole nitrogens is 1. The van der Waals surface area contributed by atoms with Crippen LogP contribution in [0.1, 0.15) is 23.1 Å². The van der Waals surface area contributed by atoms with Crippen LogP contribution in [0.5, 0.6) is 11.6 Å². The first-order valence-electron chi connectivity index (χ1n) is 10.5. The van der Waals surface area contributed by atoms with Crippen molar-refractivity contribution in [1.82, 2.24) is 4.98 Å². The number of hydrogen-bond donors (Lipinski definition) is 3. The quantitative estimate of drug-likeness (QED) is 0.187. The van der Waals surface area contributed by atoms with E-state index < -0.39 is 6.16 Å². The molecule has 0 bridgehead atoms. The zero-order valence-electron chi connectivity index (χ0n) is 18.1. The average molecular weight is 431 g/mol. The standard InChI is InChI=1S/C26H26N2O4/c1-16-8-3-4-10-18(16)19-11-6-12-20-21(25(28-24(19)20)32-26(29)30)13-7-15-31-22-14-5-9-17(2)23(22)27/h3-6,8-12,14,28H,7,13,15,27H2,1-2H3,(H,29,30). The number of nitrogens with two attached hydrogens (primary N) is 1. The van der Waals surface area contributed by atoms with Crippen LogP contribution >= 0.6 is 0 Å². The number of hydrogen-bond acceptors (Lipinski definition) is 4. The molecule has 0 radical (unpaired) electrons. The summed E-state index contributed by atoms with van der Waals surface area (Å²) >= 11 is 0. The molecule has 0 fully saturated rings. The summed E-state index contributed by atoms with van der Waals surface area (Å²) in [6.07, 6.45) is -0.0877. The van der Waals surface area contributed by atoms with Gasteiger partial charge in [-0.05, 0) is 49.4 Å². The lowest BCUT2D eigenvalue weighted by Crippen LogP contribution is -2.06. The van der Waals surface area contributed by atoms with E-state index in [4.69, 9.17) is 15.2 Å². The predicted molar refractivity (Wildman–Crippen MR) is 127 cm³/mol. The third-order valence-corrected chi connectivity index (χ3v) is 5.64. The number of nitrogen functional groups attached to an aromatic ring is 1. The van der Waals surface area contributed by atoms with Gasteiger partial charge in [0.15, 0.2) is 0 Å². The molecular formula is C26H26N2O4. The second kappa shape index (κ2) is 9.06. The van der Waals surface area contributed by atoms with E-state index in [9.17, 15) is 9.90 Å². The van der Waals surface area contributed by atoms with Crippen molar-refractivity contribution in [3.05, 3.63) is 77.4 Å². The Balaban J connectivity index is 1.62. The summed E-state index contributed by atoms with van der Waals surface area (Å²) < 4.78 is 11.0. The number of para-hydroxylation sites is 2. The lowest BCUT2D eigenvalue weighted by atomic mass is 9.97. The van der Waals surface area contributed by atoms with Gasteiger partial charge in [0.2, 0.25) is 5.88 Å². The van der Waals surface area contributed by atoms with Crippen LogP contribution in [-0.2, 0) is 6.42 Å². The van der Waals surface area contributed by atoms with Gasteiger partial charge in [-0.25, -0.2) is 4.79 Å². The number of carboxylic acid groups (broad SMARTS) is 1. The van der Waals surface area contributed by atoms with E-state index in [-0.39, 0.29) is 5.88 Å². The predicted octanol–water partition coefficient (Wildman–Crippen LogP) is 6.10. The average Bonchev–Trinajstić information content (AvgIpc) is 3.11. The van der Waals surface area contributed by atoms with Gasteiger partial charge in [0, 0.05) is 16.5 Å². The molecule has 0 unspecified atom stereocenters. The monoisotopic (exact) mass is 430 g/mol. The normalized spacial score (nSPS) is 10.9. The zero-order valence-corrected chi connectivity index (χ0v) is 18.1. The summed E-state index contributed by atoms with van der Waals surface area (Å²) in [6.45, 7) is 4.45. The maximum Gasteiger partial charge on any atom is 0.512 e. The first kappa shape index (κ1) is 21.3. The Kier molecular flexibility index (Phi) is 6.03. The number of anilines is 1. The molecule has 0 atom stereocenters. The fourth-order valence-electron chi connectivity index (χ4n) is 3.98. The van der Waals surface area contributed by atoms with Gasteiger partial charge in [0.25, 0.3) is 0 Å². The summed E-state index contributed by atoms with van der Waals surface area (Å²) in [7, 11) is 0. The van der Waals surface area contributed by atoms with Gasteiger partial charge in [-0.2, -0.15) is 0 Å². The number of carbonyl (C=O) groups is 1. The Hall–Kier alpha value is -3.93. The summed E-state index contributed by atoms with van der Waals surface area (Å²) in [5.74, 6) is 0.913. The van der Waals surface area contributed by atoms with E-state index >= 15 is 0 Å². The maximum absolute atomic E-state index is 11.3. The summed E-state index contributed by atoms with van der Waals surface area (Å²) in [5.41, 5.74) is 12.6. The van der Waals surface area contributed by atoms with Gasteiger partial charge in [0.05, 0.1) is 17.8 Å². The summed E-state index contributed by atoms with van der Waals surface area (Å²) in [4.78, 5) is 14.5. The molecule has 4 aromatic rings. The van der Waals surface area contributed by atoms with Crippen LogP contribution in [-0.4, -0.2) is 22.9 Å². The number of rotatable bonds is 7. The van der Waals surface area contributed by atoms with Crippen LogP contribution in [0.15, 0.2) is 60.7 Å². The van der Waals surface area contributed by atoms with E-state index in [1.807, 2.05) is 55.5 Å². The molecule has 0 spiro atoms. The highest BCUT2D eigenvalue weighted by Gasteiger charge is 2.18. The molecule has 0 aliphatic heterocycles. The second-order valence-corrected chi connectivity index (χ2v) is 7.78. The Bertz CT molecular complexity index is 1280. The van der Waals surface area contributed by atoms with E-state index in [0.717, 1.165) is 38.7 Å². The fourth-order valence-corrected chi connectivity index (χ4v) is 3.98. The first-order valence-corrected chi connectivity index (χ1v) is 10.5. The van der Waals surface area contributed by atoms with Crippen molar-refractivity contribution < 1.29 is 19.4 Å². The Labute approximate surface area is 186 Å². The van der Waals surface area contributed by atoms with Crippen molar-refractivity contribution in [3.63, 3.8) is 0 Å². The maximum atomic E-state index is 11.3. The SMILES string of the molecule is Cc1ccccc1-c1cccc2c(CCCOc3cccc(C)c3N)c(OC(=O)O)[nH]c12. The summed E-state index contributed by atoms with van der Waals surface area (Å²) in [6, 6.07) is 19.8. The third-order valence-electron chi connectivity index (χ3n) is 5.64. The van der Waals surface area contributed by atoms with Gasteiger partial charge in [0.1, 0.15) is 5.75 Å². The van der Waals surface area contributed by atoms with Gasteiger partial charge < -0.3 is 25.3 Å². The first-order chi connectivity index (χ1) is 15.5. The Morgan fingerprint density at radius 1 is 0.969 bits per heavy atom. The van der Waals surface area contributed by atoms with Crippen molar-refractivity contribution in [1.29, 1.82) is 0 Å². The molecule has 0 saturated carbocycles. The van der Waals surface area contributed by atoms with Crippen LogP contribution in [0, 0.1) is 13.8 Å². The fraction of sp³-hybridized carbons (Fsp3) is 0.192. The highest BCUT2D eigenvalue weighted by Crippen LogP contribution is 2.36. The van der Waals surface area contributed by atoms with Crippen LogP contribution in [0.3, 0.4) is 0 Å². The number of aryl methyl sites for hydroxylation is 3. The van der Waals surface area contributed by atoms with E-state index in [2.05, 4.69) is 24.0 Å².